The number of pyridine rings is 1. The van der Waals surface area contributed by atoms with Crippen LogP contribution in [0.15, 0.2) is 60.8 Å². The smallest absolute Gasteiger partial charge is 0.226 e. The zero-order chi connectivity index (χ0) is 21.7. The maximum Gasteiger partial charge on any atom is 0.226 e. The van der Waals surface area contributed by atoms with E-state index in [1.165, 1.54) is 6.20 Å². The van der Waals surface area contributed by atoms with Crippen LogP contribution in [0.2, 0.25) is 5.02 Å². The number of halogens is 2. The minimum absolute atomic E-state index is 0.0415. The summed E-state index contributed by atoms with van der Waals surface area (Å²) in [6.07, 6.45) is 2.23. The van der Waals surface area contributed by atoms with Gasteiger partial charge in [-0.2, -0.15) is 4.39 Å². The monoisotopic (exact) mass is 424 g/mol. The second-order valence-corrected chi connectivity index (χ2v) is 7.33. The SMILES string of the molecule is CCC(=O)N(C)c1ccc(-c2ccc(C(=O)CCc3cccnc3F)c(Cl)c2)cc1. The van der Waals surface area contributed by atoms with E-state index in [4.69, 9.17) is 11.6 Å². The van der Waals surface area contributed by atoms with Crippen molar-refractivity contribution < 1.29 is 14.0 Å². The van der Waals surface area contributed by atoms with Crippen LogP contribution in [0.3, 0.4) is 0 Å². The molecule has 0 aliphatic rings. The lowest BCUT2D eigenvalue weighted by atomic mass is 9.99. The number of rotatable bonds is 7. The predicted octanol–water partition coefficient (Wildman–Crippen LogP) is 5.73. The molecule has 0 unspecified atom stereocenters. The van der Waals surface area contributed by atoms with Gasteiger partial charge >= 0.3 is 0 Å². The Balaban J connectivity index is 1.72. The third-order valence-electron chi connectivity index (χ3n) is 4.99. The second-order valence-electron chi connectivity index (χ2n) is 6.92. The molecule has 1 heterocycles. The first-order valence-corrected chi connectivity index (χ1v) is 10.1. The van der Waals surface area contributed by atoms with Crippen molar-refractivity contribution in [3.8, 4) is 11.1 Å². The van der Waals surface area contributed by atoms with Gasteiger partial charge in [0.25, 0.3) is 0 Å². The highest BCUT2D eigenvalue weighted by atomic mass is 35.5. The van der Waals surface area contributed by atoms with Crippen molar-refractivity contribution in [1.29, 1.82) is 0 Å². The van der Waals surface area contributed by atoms with Gasteiger partial charge in [0.2, 0.25) is 11.9 Å². The number of hydrogen-bond acceptors (Lipinski definition) is 3. The van der Waals surface area contributed by atoms with Crippen molar-refractivity contribution in [3.63, 3.8) is 0 Å². The standard InChI is InChI=1S/C24H22ClFN2O2/c1-3-23(30)28(2)19-10-6-16(7-11-19)18-8-12-20(21(25)15-18)22(29)13-9-17-5-4-14-27-24(17)26/h4-8,10-12,14-15H,3,9,13H2,1-2H3. The van der Waals surface area contributed by atoms with Gasteiger partial charge < -0.3 is 4.90 Å². The third-order valence-corrected chi connectivity index (χ3v) is 5.30. The van der Waals surface area contributed by atoms with Crippen LogP contribution in [0.5, 0.6) is 0 Å². The molecule has 0 N–H and O–H groups in total. The van der Waals surface area contributed by atoms with Crippen molar-refractivity contribution in [1.82, 2.24) is 4.98 Å². The Morgan fingerprint density at radius 3 is 2.40 bits per heavy atom. The third kappa shape index (κ3) is 4.92. The van der Waals surface area contributed by atoms with Gasteiger partial charge in [-0.25, -0.2) is 4.98 Å². The van der Waals surface area contributed by atoms with Crippen LogP contribution in [0, 0.1) is 5.95 Å². The summed E-state index contributed by atoms with van der Waals surface area (Å²) in [5, 5.41) is 0.353. The molecule has 2 aromatic carbocycles. The Morgan fingerprint density at radius 1 is 1.07 bits per heavy atom. The van der Waals surface area contributed by atoms with Gasteiger partial charge in [0.1, 0.15) is 0 Å². The molecular weight excluding hydrogens is 403 g/mol. The van der Waals surface area contributed by atoms with Crippen molar-refractivity contribution in [2.24, 2.45) is 0 Å². The van der Waals surface area contributed by atoms with E-state index < -0.39 is 5.95 Å². The molecule has 4 nitrogen and oxygen atoms in total. The number of carbonyl (C=O) groups is 2. The maximum atomic E-state index is 13.6. The lowest BCUT2D eigenvalue weighted by Gasteiger charge is -2.17. The molecule has 0 aliphatic carbocycles. The molecule has 154 valence electrons. The van der Waals surface area contributed by atoms with Crippen molar-refractivity contribution in [2.75, 3.05) is 11.9 Å². The summed E-state index contributed by atoms with van der Waals surface area (Å²) in [7, 11) is 1.75. The number of ketones is 1. The largest absolute Gasteiger partial charge is 0.316 e. The van der Waals surface area contributed by atoms with Gasteiger partial charge in [0.15, 0.2) is 5.78 Å². The van der Waals surface area contributed by atoms with Crippen molar-refractivity contribution in [2.45, 2.75) is 26.2 Å². The Kier molecular flexibility index (Phi) is 6.95. The zero-order valence-electron chi connectivity index (χ0n) is 16.9. The first kappa shape index (κ1) is 21.7. The summed E-state index contributed by atoms with van der Waals surface area (Å²) < 4.78 is 13.6. The van der Waals surface area contributed by atoms with Crippen LogP contribution in [-0.4, -0.2) is 23.7 Å². The molecule has 0 radical (unpaired) electrons. The van der Waals surface area contributed by atoms with Gasteiger partial charge in [0, 0.05) is 42.9 Å². The van der Waals surface area contributed by atoms with Gasteiger partial charge in [-0.15, -0.1) is 0 Å². The quantitative estimate of drug-likeness (QED) is 0.359. The number of anilines is 1. The molecule has 0 atom stereocenters. The van der Waals surface area contributed by atoms with Crippen LogP contribution in [0.1, 0.15) is 35.7 Å². The van der Waals surface area contributed by atoms with E-state index in [0.717, 1.165) is 16.8 Å². The minimum Gasteiger partial charge on any atom is -0.316 e. The molecule has 1 amide bonds. The molecule has 0 aliphatic heterocycles. The number of aryl methyl sites for hydroxylation is 1. The second kappa shape index (κ2) is 9.63. The van der Waals surface area contributed by atoms with Gasteiger partial charge in [-0.1, -0.05) is 42.8 Å². The van der Waals surface area contributed by atoms with E-state index in [2.05, 4.69) is 4.98 Å². The van der Waals surface area contributed by atoms with Crippen LogP contribution in [-0.2, 0) is 11.2 Å². The molecule has 0 fully saturated rings. The Hall–Kier alpha value is -3.05. The van der Waals surface area contributed by atoms with E-state index in [0.29, 0.717) is 22.6 Å². The number of nitrogens with zero attached hydrogens (tertiary/aromatic N) is 2. The van der Waals surface area contributed by atoms with Crippen molar-refractivity contribution >= 4 is 29.0 Å². The molecular formula is C24H22ClFN2O2. The average molecular weight is 425 g/mol. The van der Waals surface area contributed by atoms with E-state index in [9.17, 15) is 14.0 Å². The molecule has 0 saturated heterocycles. The molecule has 0 spiro atoms. The molecule has 6 heteroatoms. The van der Waals surface area contributed by atoms with Crippen molar-refractivity contribution in [3.05, 3.63) is 82.9 Å². The first-order valence-electron chi connectivity index (χ1n) is 9.69. The number of amides is 1. The summed E-state index contributed by atoms with van der Waals surface area (Å²) in [5.74, 6) is -0.661. The van der Waals surface area contributed by atoms with E-state index in [1.54, 1.807) is 36.2 Å². The van der Waals surface area contributed by atoms with Crippen LogP contribution >= 0.6 is 11.6 Å². The lowest BCUT2D eigenvalue weighted by molar-refractivity contribution is -0.118. The van der Waals surface area contributed by atoms with Crippen LogP contribution in [0.4, 0.5) is 10.1 Å². The summed E-state index contributed by atoms with van der Waals surface area (Å²) in [6, 6.07) is 16.1. The van der Waals surface area contributed by atoms with Gasteiger partial charge in [-0.05, 0) is 47.9 Å². The van der Waals surface area contributed by atoms with E-state index >= 15 is 0 Å². The number of hydrogen-bond donors (Lipinski definition) is 0. The normalized spacial score (nSPS) is 10.7. The maximum absolute atomic E-state index is 13.6. The highest BCUT2D eigenvalue weighted by Gasteiger charge is 2.14. The molecule has 3 aromatic rings. The summed E-state index contributed by atoms with van der Waals surface area (Å²) >= 11 is 6.37. The molecule has 3 rings (SSSR count). The van der Waals surface area contributed by atoms with Gasteiger partial charge in [-0.3, -0.25) is 9.59 Å². The molecule has 1 aromatic heterocycles. The lowest BCUT2D eigenvalue weighted by Crippen LogP contribution is -2.24. The van der Waals surface area contributed by atoms with Crippen LogP contribution in [0.25, 0.3) is 11.1 Å². The number of aromatic nitrogens is 1. The fourth-order valence-corrected chi connectivity index (χ4v) is 3.45. The fraction of sp³-hybridized carbons (Fsp3) is 0.208. The van der Waals surface area contributed by atoms with Crippen LogP contribution < -0.4 is 4.90 Å². The first-order chi connectivity index (χ1) is 14.4. The number of Topliss-reactive ketones (excluding diaryl/α,β-unsaturated/α-hetero) is 1. The highest BCUT2D eigenvalue weighted by Crippen LogP contribution is 2.28. The van der Waals surface area contributed by atoms with E-state index in [-0.39, 0.29) is 24.5 Å². The molecule has 0 saturated carbocycles. The summed E-state index contributed by atoms with van der Waals surface area (Å²) in [4.78, 5) is 29.6. The number of benzene rings is 2. The molecule has 30 heavy (non-hydrogen) atoms. The molecule has 0 bridgehead atoms. The minimum atomic E-state index is -0.554. The fourth-order valence-electron chi connectivity index (χ4n) is 3.17. The Morgan fingerprint density at radius 2 is 1.77 bits per heavy atom. The Labute approximate surface area is 180 Å². The summed E-state index contributed by atoms with van der Waals surface area (Å²) in [5.41, 5.74) is 3.42. The summed E-state index contributed by atoms with van der Waals surface area (Å²) in [6.45, 7) is 1.82. The van der Waals surface area contributed by atoms with Gasteiger partial charge in [0.05, 0.1) is 5.02 Å². The number of carbonyl (C=O) groups excluding carboxylic acids is 2. The zero-order valence-corrected chi connectivity index (χ0v) is 17.6. The van der Waals surface area contributed by atoms with E-state index in [1.807, 2.05) is 37.3 Å². The Bertz CT molecular complexity index is 1070. The highest BCUT2D eigenvalue weighted by molar-refractivity contribution is 6.34. The topological polar surface area (TPSA) is 50.3 Å². The average Bonchev–Trinajstić information content (AvgIpc) is 2.77. The predicted molar refractivity (Wildman–Crippen MR) is 117 cm³/mol.